The van der Waals surface area contributed by atoms with E-state index in [2.05, 4.69) is 51.2 Å². The number of allylic oxidation sites excluding steroid dienone is 3. The van der Waals surface area contributed by atoms with Gasteiger partial charge in [-0.2, -0.15) is 0 Å². The van der Waals surface area contributed by atoms with Crippen molar-refractivity contribution in [2.75, 3.05) is 20.8 Å². The van der Waals surface area contributed by atoms with Gasteiger partial charge in [-0.05, 0) is 62.3 Å². The molecule has 1 N–H and O–H groups in total. The standard InChI is InChI=1S/C34H57NO2/c1-7-9-10-11-12-13-14-15-16-17-18-19-20-22-29-23-21-24-32(37-6)33(29)34-30(8-2)27(3)35-28(4)31(34)25-26-36-5/h21,23-24,34-35H,7-20,22,25-26H2,1-6H3. The Morgan fingerprint density at radius 3 is 1.81 bits per heavy atom. The van der Waals surface area contributed by atoms with Crippen LogP contribution in [0.2, 0.25) is 0 Å². The van der Waals surface area contributed by atoms with Crippen LogP contribution < -0.4 is 10.1 Å². The van der Waals surface area contributed by atoms with Crippen LogP contribution in [0.25, 0.3) is 0 Å². The predicted molar refractivity (Wildman–Crippen MR) is 160 cm³/mol. The first-order valence-corrected chi connectivity index (χ1v) is 15.4. The quantitative estimate of drug-likeness (QED) is 0.177. The molecule has 1 aliphatic rings. The van der Waals surface area contributed by atoms with Crippen LogP contribution in [0.15, 0.2) is 40.7 Å². The van der Waals surface area contributed by atoms with Gasteiger partial charge in [0.25, 0.3) is 0 Å². The molecule has 0 saturated carbocycles. The van der Waals surface area contributed by atoms with Gasteiger partial charge in [0.05, 0.1) is 13.7 Å². The lowest BCUT2D eigenvalue weighted by Crippen LogP contribution is -2.26. The molecule has 3 nitrogen and oxygen atoms in total. The summed E-state index contributed by atoms with van der Waals surface area (Å²) in [5.74, 6) is 1.30. The number of unbranched alkanes of at least 4 members (excludes halogenated alkanes) is 12. The Balaban J connectivity index is 1.95. The Morgan fingerprint density at radius 2 is 1.27 bits per heavy atom. The molecule has 1 aliphatic heterocycles. The van der Waals surface area contributed by atoms with Gasteiger partial charge in [-0.1, -0.05) is 103 Å². The highest BCUT2D eigenvalue weighted by Crippen LogP contribution is 2.45. The van der Waals surface area contributed by atoms with Gasteiger partial charge in [0.1, 0.15) is 5.75 Å². The van der Waals surface area contributed by atoms with E-state index in [0.717, 1.165) is 31.6 Å². The number of hydrogen-bond donors (Lipinski definition) is 1. The van der Waals surface area contributed by atoms with Crippen molar-refractivity contribution in [3.8, 4) is 5.75 Å². The number of benzene rings is 1. The molecule has 0 radical (unpaired) electrons. The van der Waals surface area contributed by atoms with Crippen molar-refractivity contribution in [2.45, 2.75) is 136 Å². The van der Waals surface area contributed by atoms with Gasteiger partial charge in [0.2, 0.25) is 0 Å². The Morgan fingerprint density at radius 1 is 0.703 bits per heavy atom. The highest BCUT2D eigenvalue weighted by molar-refractivity contribution is 5.54. The first-order valence-electron chi connectivity index (χ1n) is 15.4. The molecule has 1 aromatic rings. The first kappa shape index (κ1) is 31.5. The van der Waals surface area contributed by atoms with E-state index in [9.17, 15) is 0 Å². The van der Waals surface area contributed by atoms with E-state index in [1.807, 2.05) is 7.11 Å². The number of nitrogens with one attached hydrogen (secondary N) is 1. The molecule has 0 aromatic heterocycles. The predicted octanol–water partition coefficient (Wildman–Crippen LogP) is 10.0. The third-order valence-electron chi connectivity index (χ3n) is 8.21. The normalized spacial score (nSPS) is 15.9. The van der Waals surface area contributed by atoms with Crippen LogP contribution in [-0.4, -0.2) is 20.8 Å². The average molecular weight is 512 g/mol. The molecular weight excluding hydrogens is 454 g/mol. The van der Waals surface area contributed by atoms with Gasteiger partial charge < -0.3 is 14.8 Å². The van der Waals surface area contributed by atoms with Crippen LogP contribution in [0.1, 0.15) is 141 Å². The van der Waals surface area contributed by atoms with Crippen molar-refractivity contribution >= 4 is 0 Å². The molecule has 0 fully saturated rings. The monoisotopic (exact) mass is 511 g/mol. The second-order valence-electron chi connectivity index (χ2n) is 11.0. The number of dihydropyridines is 1. The van der Waals surface area contributed by atoms with Gasteiger partial charge in [0.15, 0.2) is 0 Å². The molecule has 3 heteroatoms. The number of ether oxygens (including phenoxy) is 2. The first-order chi connectivity index (χ1) is 18.1. The fourth-order valence-corrected chi connectivity index (χ4v) is 6.09. The molecule has 1 atom stereocenters. The summed E-state index contributed by atoms with van der Waals surface area (Å²) < 4.78 is 11.5. The van der Waals surface area contributed by atoms with E-state index in [0.29, 0.717) is 0 Å². The summed E-state index contributed by atoms with van der Waals surface area (Å²) in [7, 11) is 3.62. The fourth-order valence-electron chi connectivity index (χ4n) is 6.09. The van der Waals surface area contributed by atoms with E-state index >= 15 is 0 Å². The molecule has 0 bridgehead atoms. The zero-order valence-electron chi connectivity index (χ0n) is 25.1. The highest BCUT2D eigenvalue weighted by atomic mass is 16.5. The van der Waals surface area contributed by atoms with Gasteiger partial charge in [-0.3, -0.25) is 0 Å². The van der Waals surface area contributed by atoms with Crippen molar-refractivity contribution in [3.05, 3.63) is 51.9 Å². The molecule has 0 saturated heterocycles. The average Bonchev–Trinajstić information content (AvgIpc) is 2.90. The molecule has 1 aromatic carbocycles. The van der Waals surface area contributed by atoms with Gasteiger partial charge in [-0.15, -0.1) is 0 Å². The molecule has 1 unspecified atom stereocenters. The summed E-state index contributed by atoms with van der Waals surface area (Å²) in [6.45, 7) is 9.76. The minimum Gasteiger partial charge on any atom is -0.496 e. The smallest absolute Gasteiger partial charge is 0.123 e. The lowest BCUT2D eigenvalue weighted by atomic mass is 9.76. The molecule has 0 aliphatic carbocycles. The van der Waals surface area contributed by atoms with Crippen LogP contribution in [-0.2, 0) is 11.2 Å². The summed E-state index contributed by atoms with van der Waals surface area (Å²) >= 11 is 0. The van der Waals surface area contributed by atoms with Crippen molar-refractivity contribution in [1.82, 2.24) is 5.32 Å². The van der Waals surface area contributed by atoms with Crippen molar-refractivity contribution < 1.29 is 9.47 Å². The summed E-state index contributed by atoms with van der Waals surface area (Å²) in [6.07, 6.45) is 21.2. The maximum atomic E-state index is 5.98. The highest BCUT2D eigenvalue weighted by Gasteiger charge is 2.31. The topological polar surface area (TPSA) is 30.5 Å². The Kier molecular flexibility index (Phi) is 15.7. The van der Waals surface area contributed by atoms with Crippen LogP contribution in [0, 0.1) is 0 Å². The fraction of sp³-hybridized carbons (Fsp3) is 0.706. The van der Waals surface area contributed by atoms with E-state index in [-0.39, 0.29) is 5.92 Å². The maximum absolute atomic E-state index is 5.98. The van der Waals surface area contributed by atoms with E-state index in [1.54, 1.807) is 7.11 Å². The van der Waals surface area contributed by atoms with Crippen molar-refractivity contribution in [3.63, 3.8) is 0 Å². The zero-order chi connectivity index (χ0) is 26.9. The molecule has 0 spiro atoms. The molecule has 37 heavy (non-hydrogen) atoms. The number of methoxy groups -OCH3 is 2. The molecular formula is C34H57NO2. The SMILES string of the molecule is CCCCCCCCCCCCCCCc1cccc(OC)c1C1C(CC)=C(C)NC(C)=C1CCOC. The largest absolute Gasteiger partial charge is 0.496 e. The minimum absolute atomic E-state index is 0.273. The van der Waals surface area contributed by atoms with Crippen LogP contribution in [0.5, 0.6) is 5.75 Å². The van der Waals surface area contributed by atoms with E-state index in [4.69, 9.17) is 9.47 Å². The Hall–Kier alpha value is -1.74. The maximum Gasteiger partial charge on any atom is 0.123 e. The molecule has 0 amide bonds. The third kappa shape index (κ3) is 10.2. The van der Waals surface area contributed by atoms with E-state index in [1.165, 1.54) is 117 Å². The van der Waals surface area contributed by atoms with Gasteiger partial charge >= 0.3 is 0 Å². The third-order valence-corrected chi connectivity index (χ3v) is 8.21. The second-order valence-corrected chi connectivity index (χ2v) is 11.0. The lowest BCUT2D eigenvalue weighted by Gasteiger charge is -2.34. The van der Waals surface area contributed by atoms with Crippen LogP contribution in [0.4, 0.5) is 0 Å². The summed E-state index contributed by atoms with van der Waals surface area (Å²) in [4.78, 5) is 0. The van der Waals surface area contributed by atoms with Crippen molar-refractivity contribution in [2.24, 2.45) is 0 Å². The summed E-state index contributed by atoms with van der Waals surface area (Å²) in [5, 5.41) is 3.65. The number of rotatable bonds is 20. The minimum atomic E-state index is 0.273. The molecule has 1 heterocycles. The number of aryl methyl sites for hydroxylation is 1. The van der Waals surface area contributed by atoms with Crippen LogP contribution >= 0.6 is 0 Å². The molecule has 2 rings (SSSR count). The summed E-state index contributed by atoms with van der Waals surface area (Å²) in [6, 6.07) is 6.66. The zero-order valence-corrected chi connectivity index (χ0v) is 25.1. The summed E-state index contributed by atoms with van der Waals surface area (Å²) in [5.41, 5.74) is 8.33. The number of hydrogen-bond acceptors (Lipinski definition) is 3. The Bertz CT molecular complexity index is 838. The molecule has 210 valence electrons. The van der Waals surface area contributed by atoms with Gasteiger partial charge in [-0.25, -0.2) is 0 Å². The Labute approximate surface area is 229 Å². The van der Waals surface area contributed by atoms with Crippen molar-refractivity contribution in [1.29, 1.82) is 0 Å². The lowest BCUT2D eigenvalue weighted by molar-refractivity contribution is 0.200. The van der Waals surface area contributed by atoms with E-state index < -0.39 is 0 Å². The van der Waals surface area contributed by atoms with Crippen LogP contribution in [0.3, 0.4) is 0 Å². The van der Waals surface area contributed by atoms with Gasteiger partial charge in [0, 0.05) is 30.0 Å². The second kappa shape index (κ2) is 18.5.